The van der Waals surface area contributed by atoms with Crippen LogP contribution in [0.5, 0.6) is 0 Å². The minimum atomic E-state index is -0.223. The molecule has 2 N–H and O–H groups in total. The van der Waals surface area contributed by atoms with Gasteiger partial charge in [-0.25, -0.2) is 0 Å². The molecule has 2 aromatic carbocycles. The molecule has 8 nitrogen and oxygen atoms in total. The molecule has 0 bridgehead atoms. The van der Waals surface area contributed by atoms with Crippen LogP contribution in [0.2, 0.25) is 0 Å². The second-order valence-electron chi connectivity index (χ2n) is 13.2. The van der Waals surface area contributed by atoms with E-state index in [0.29, 0.717) is 18.2 Å². The van der Waals surface area contributed by atoms with Gasteiger partial charge in [-0.2, -0.15) is 0 Å². The molecule has 1 saturated heterocycles. The summed E-state index contributed by atoms with van der Waals surface area (Å²) in [6.07, 6.45) is 4.75. The molecule has 0 radical (unpaired) electrons. The molecule has 1 aliphatic carbocycles. The van der Waals surface area contributed by atoms with E-state index in [1.54, 1.807) is 6.92 Å². The number of piperidine rings is 1. The fraction of sp³-hybridized carbons (Fsp3) is 0.571. The predicted octanol–water partition coefficient (Wildman–Crippen LogP) is 4.84. The van der Waals surface area contributed by atoms with E-state index in [0.717, 1.165) is 61.0 Å². The summed E-state index contributed by atoms with van der Waals surface area (Å²) in [6, 6.07) is 13.5. The van der Waals surface area contributed by atoms with Gasteiger partial charge in [-0.1, -0.05) is 31.2 Å². The molecule has 1 heterocycles. The molecule has 2 aliphatic rings. The first-order valence-electron chi connectivity index (χ1n) is 15.8. The lowest BCUT2D eigenvalue weighted by molar-refractivity contribution is -0.141. The third kappa shape index (κ3) is 7.77. The second kappa shape index (κ2) is 13.9. The van der Waals surface area contributed by atoms with Gasteiger partial charge in [-0.05, 0) is 100 Å². The Balaban J connectivity index is 1.62. The van der Waals surface area contributed by atoms with Crippen LogP contribution in [0.3, 0.4) is 0 Å². The van der Waals surface area contributed by atoms with E-state index in [9.17, 15) is 14.4 Å². The Kier molecular flexibility index (Phi) is 10.5. The lowest BCUT2D eigenvalue weighted by Crippen LogP contribution is -2.51. The summed E-state index contributed by atoms with van der Waals surface area (Å²) in [5.41, 5.74) is 5.91. The molecule has 234 valence electrons. The van der Waals surface area contributed by atoms with Gasteiger partial charge in [0.1, 0.15) is 0 Å². The van der Waals surface area contributed by atoms with Crippen LogP contribution in [0.1, 0.15) is 74.4 Å². The normalized spacial score (nSPS) is 24.2. The molecular formula is C35H51N5O3. The highest BCUT2D eigenvalue weighted by Gasteiger charge is 2.36. The van der Waals surface area contributed by atoms with E-state index in [1.807, 2.05) is 24.9 Å². The van der Waals surface area contributed by atoms with Gasteiger partial charge < -0.3 is 25.3 Å². The largest absolute Gasteiger partial charge is 0.371 e. The molecule has 3 amide bonds. The van der Waals surface area contributed by atoms with Crippen LogP contribution in [0, 0.1) is 18.8 Å². The van der Waals surface area contributed by atoms with Crippen LogP contribution >= 0.6 is 0 Å². The minimum absolute atomic E-state index is 0.0260. The van der Waals surface area contributed by atoms with E-state index in [-0.39, 0.29) is 41.6 Å². The first-order valence-corrected chi connectivity index (χ1v) is 15.8. The van der Waals surface area contributed by atoms with Crippen LogP contribution in [0.4, 0.5) is 5.69 Å². The predicted molar refractivity (Wildman–Crippen MR) is 174 cm³/mol. The zero-order valence-electron chi connectivity index (χ0n) is 27.4. The Labute approximate surface area is 258 Å². The average Bonchev–Trinajstić information content (AvgIpc) is 2.96. The number of carbonyl (C=O) groups excluding carboxylic acids is 3. The van der Waals surface area contributed by atoms with Crippen molar-refractivity contribution >= 4 is 23.4 Å². The summed E-state index contributed by atoms with van der Waals surface area (Å²) in [5.74, 6) is -0.0303. The number of hydrogen-bond acceptors (Lipinski definition) is 5. The van der Waals surface area contributed by atoms with Crippen molar-refractivity contribution in [2.45, 2.75) is 84.5 Å². The van der Waals surface area contributed by atoms with E-state index in [2.05, 4.69) is 85.8 Å². The third-order valence-electron chi connectivity index (χ3n) is 9.65. The number of hydrogen-bond donors (Lipinski definition) is 2. The lowest BCUT2D eigenvalue weighted by atomic mass is 9.83. The highest BCUT2D eigenvalue weighted by molar-refractivity contribution is 5.99. The third-order valence-corrected chi connectivity index (χ3v) is 9.65. The summed E-state index contributed by atoms with van der Waals surface area (Å²) in [5, 5.41) is 6.21. The van der Waals surface area contributed by atoms with Gasteiger partial charge in [0.15, 0.2) is 0 Å². The Morgan fingerprint density at radius 3 is 2.23 bits per heavy atom. The number of rotatable bonds is 9. The van der Waals surface area contributed by atoms with Gasteiger partial charge in [0.25, 0.3) is 5.91 Å². The van der Waals surface area contributed by atoms with Gasteiger partial charge in [0.05, 0.1) is 5.92 Å². The number of amides is 3. The maximum Gasteiger partial charge on any atom is 0.251 e. The molecule has 43 heavy (non-hydrogen) atoms. The van der Waals surface area contributed by atoms with Crippen LogP contribution in [0.15, 0.2) is 36.4 Å². The minimum Gasteiger partial charge on any atom is -0.371 e. The van der Waals surface area contributed by atoms with Gasteiger partial charge in [0, 0.05) is 63.5 Å². The van der Waals surface area contributed by atoms with Crippen molar-refractivity contribution in [1.29, 1.82) is 0 Å². The Bertz CT molecular complexity index is 1300. The van der Waals surface area contributed by atoms with E-state index < -0.39 is 0 Å². The maximum atomic E-state index is 13.8. The maximum absolute atomic E-state index is 13.8. The van der Waals surface area contributed by atoms with E-state index in [1.165, 1.54) is 5.56 Å². The zero-order chi connectivity index (χ0) is 31.4. The van der Waals surface area contributed by atoms with Gasteiger partial charge >= 0.3 is 0 Å². The van der Waals surface area contributed by atoms with Crippen LogP contribution < -0.4 is 15.5 Å². The Morgan fingerprint density at radius 2 is 1.63 bits per heavy atom. The highest BCUT2D eigenvalue weighted by Crippen LogP contribution is 2.35. The van der Waals surface area contributed by atoms with Crippen LogP contribution in [-0.4, -0.2) is 80.4 Å². The fourth-order valence-electron chi connectivity index (χ4n) is 6.90. The summed E-state index contributed by atoms with van der Waals surface area (Å²) in [6.45, 7) is 8.99. The van der Waals surface area contributed by atoms with Gasteiger partial charge in [-0.15, -0.1) is 0 Å². The van der Waals surface area contributed by atoms with E-state index >= 15 is 0 Å². The number of likely N-dealkylation sites (tertiary alicyclic amines) is 1. The Hall–Kier alpha value is -3.39. The molecule has 1 aliphatic heterocycles. The number of nitrogens with zero attached hydrogens (tertiary/aromatic N) is 3. The first-order chi connectivity index (χ1) is 20.3. The van der Waals surface area contributed by atoms with Gasteiger partial charge in [0.2, 0.25) is 11.8 Å². The number of nitrogens with one attached hydrogen (secondary N) is 2. The average molecular weight is 590 g/mol. The van der Waals surface area contributed by atoms with Crippen molar-refractivity contribution in [3.05, 3.63) is 53.1 Å². The van der Waals surface area contributed by atoms with Crippen LogP contribution in [-0.2, 0) is 16.1 Å². The first kappa shape index (κ1) is 32.5. The van der Waals surface area contributed by atoms with Crippen molar-refractivity contribution in [3.8, 4) is 11.1 Å². The number of carbonyl (C=O) groups is 3. The zero-order valence-corrected chi connectivity index (χ0v) is 27.4. The van der Waals surface area contributed by atoms with Crippen LogP contribution in [0.25, 0.3) is 11.1 Å². The summed E-state index contributed by atoms with van der Waals surface area (Å²) >= 11 is 0. The molecule has 3 atom stereocenters. The topological polar surface area (TPSA) is 85.0 Å². The summed E-state index contributed by atoms with van der Waals surface area (Å²) in [4.78, 5) is 44.7. The Morgan fingerprint density at radius 1 is 0.977 bits per heavy atom. The molecule has 2 fully saturated rings. The second-order valence-corrected chi connectivity index (χ2v) is 13.2. The van der Waals surface area contributed by atoms with Crippen molar-refractivity contribution in [2.24, 2.45) is 11.8 Å². The van der Waals surface area contributed by atoms with Crippen molar-refractivity contribution in [2.75, 3.05) is 39.6 Å². The standard InChI is InChI=1S/C35H51N5O3/c1-22-17-23(2)39(7)35(43)32(22)20-36-34(42)31-18-28(27-11-9-26(10-12-27)21-38(5)6)19-33(24(31)3)40(8)30-15-13-29(14-16-30)37-25(4)41/h9-12,18-19,22-23,29-30,32H,13-17,20-21H2,1-8H3,(H,36,42)(H,37,41)/t22?,23?,29-,30+,32?. The lowest BCUT2D eigenvalue weighted by Gasteiger charge is -2.39. The molecule has 0 spiro atoms. The number of anilines is 1. The SMILES string of the molecule is CC(=O)N[C@H]1CC[C@@H](N(C)c2cc(-c3ccc(CN(C)C)cc3)cc(C(=O)NCC3C(=O)N(C)C(C)CC3C)c2C)CC1. The van der Waals surface area contributed by atoms with Crippen molar-refractivity contribution < 1.29 is 14.4 Å². The molecule has 3 unspecified atom stereocenters. The van der Waals surface area contributed by atoms with Crippen molar-refractivity contribution in [3.63, 3.8) is 0 Å². The summed E-state index contributed by atoms with van der Waals surface area (Å²) < 4.78 is 0. The fourth-order valence-corrected chi connectivity index (χ4v) is 6.90. The molecule has 1 saturated carbocycles. The molecule has 2 aromatic rings. The number of benzene rings is 2. The van der Waals surface area contributed by atoms with Crippen molar-refractivity contribution in [1.82, 2.24) is 20.4 Å². The summed E-state index contributed by atoms with van der Waals surface area (Å²) in [7, 11) is 8.10. The smallest absolute Gasteiger partial charge is 0.251 e. The van der Waals surface area contributed by atoms with E-state index in [4.69, 9.17) is 0 Å². The molecule has 0 aromatic heterocycles. The quantitative estimate of drug-likeness (QED) is 0.437. The molecular weight excluding hydrogens is 538 g/mol. The van der Waals surface area contributed by atoms with Gasteiger partial charge in [-0.3, -0.25) is 14.4 Å². The monoisotopic (exact) mass is 589 g/mol. The highest BCUT2D eigenvalue weighted by atomic mass is 16.2. The molecule has 4 rings (SSSR count). The molecule has 8 heteroatoms.